The van der Waals surface area contributed by atoms with E-state index in [0.717, 1.165) is 18.2 Å². The minimum absolute atomic E-state index is 0.201. The van der Waals surface area contributed by atoms with E-state index in [1.807, 2.05) is 4.72 Å². The molecule has 0 radical (unpaired) electrons. The Morgan fingerprint density at radius 3 is 2.52 bits per heavy atom. The number of carboxylic acid groups (broad SMARTS) is 1. The highest BCUT2D eigenvalue weighted by Gasteiger charge is 2.32. The summed E-state index contributed by atoms with van der Waals surface area (Å²) in [5.74, 6) is -1.45. The fourth-order valence-corrected chi connectivity index (χ4v) is 2.71. The summed E-state index contributed by atoms with van der Waals surface area (Å²) in [6.45, 7) is 3.29. The van der Waals surface area contributed by atoms with E-state index in [9.17, 15) is 26.4 Å². The average molecular weight is 323 g/mol. The number of halogens is 3. The van der Waals surface area contributed by atoms with Crippen LogP contribution in [-0.4, -0.2) is 25.5 Å². The predicted molar refractivity (Wildman–Crippen MR) is 68.0 cm³/mol. The standard InChI is InChI=1S/C12H12F3NO4S/c1-2-4-10(11(17)18)16-21(19,20)9-6-3-5-8(7-9)12(13,14)15/h2-3,5-7,10,16H,1,4H2,(H,17,18). The van der Waals surface area contributed by atoms with Gasteiger partial charge in [-0.2, -0.15) is 17.9 Å². The molecular formula is C12H12F3NO4S. The third-order valence-electron chi connectivity index (χ3n) is 2.47. The Hall–Kier alpha value is -1.87. The van der Waals surface area contributed by atoms with E-state index in [4.69, 9.17) is 5.11 Å². The molecule has 1 unspecified atom stereocenters. The van der Waals surface area contributed by atoms with E-state index in [2.05, 4.69) is 6.58 Å². The summed E-state index contributed by atoms with van der Waals surface area (Å²) in [6.07, 6.45) is -3.71. The minimum atomic E-state index is -4.70. The maximum Gasteiger partial charge on any atom is 0.416 e. The molecule has 5 nitrogen and oxygen atoms in total. The summed E-state index contributed by atoms with van der Waals surface area (Å²) in [4.78, 5) is 10.2. The number of carboxylic acids is 1. The summed E-state index contributed by atoms with van der Waals surface area (Å²) in [5.41, 5.74) is -1.14. The first-order valence-corrected chi connectivity index (χ1v) is 7.09. The van der Waals surface area contributed by atoms with E-state index < -0.39 is 38.7 Å². The predicted octanol–water partition coefficient (Wildman–Crippen LogP) is 2.01. The Labute approximate surface area is 119 Å². The van der Waals surface area contributed by atoms with Gasteiger partial charge in [-0.15, -0.1) is 6.58 Å². The van der Waals surface area contributed by atoms with Gasteiger partial charge in [0.1, 0.15) is 6.04 Å². The van der Waals surface area contributed by atoms with Crippen LogP contribution in [-0.2, 0) is 21.0 Å². The molecule has 116 valence electrons. The second-order valence-electron chi connectivity index (χ2n) is 4.06. The van der Waals surface area contributed by atoms with Crippen molar-refractivity contribution in [1.29, 1.82) is 0 Å². The maximum absolute atomic E-state index is 12.5. The Morgan fingerprint density at radius 2 is 2.05 bits per heavy atom. The molecule has 2 N–H and O–H groups in total. The van der Waals surface area contributed by atoms with Crippen LogP contribution in [0.25, 0.3) is 0 Å². The van der Waals surface area contributed by atoms with Gasteiger partial charge in [-0.25, -0.2) is 8.42 Å². The van der Waals surface area contributed by atoms with Crippen molar-refractivity contribution in [3.8, 4) is 0 Å². The molecule has 0 heterocycles. The van der Waals surface area contributed by atoms with Crippen LogP contribution in [0.2, 0.25) is 0 Å². The van der Waals surface area contributed by atoms with Gasteiger partial charge in [0, 0.05) is 0 Å². The highest BCUT2D eigenvalue weighted by molar-refractivity contribution is 7.89. The van der Waals surface area contributed by atoms with Crippen molar-refractivity contribution in [3.05, 3.63) is 42.5 Å². The third-order valence-corrected chi connectivity index (χ3v) is 3.94. The lowest BCUT2D eigenvalue weighted by Crippen LogP contribution is -2.40. The molecule has 1 aromatic carbocycles. The summed E-state index contributed by atoms with van der Waals surface area (Å²) in [5, 5.41) is 8.84. The van der Waals surface area contributed by atoms with Gasteiger partial charge in [0.25, 0.3) is 0 Å². The number of rotatable bonds is 6. The molecule has 0 spiro atoms. The lowest BCUT2D eigenvalue weighted by molar-refractivity contribution is -0.139. The van der Waals surface area contributed by atoms with Crippen molar-refractivity contribution in [2.24, 2.45) is 0 Å². The van der Waals surface area contributed by atoms with Crippen LogP contribution >= 0.6 is 0 Å². The fourth-order valence-electron chi connectivity index (χ4n) is 1.46. The largest absolute Gasteiger partial charge is 0.480 e. The van der Waals surface area contributed by atoms with Crippen molar-refractivity contribution < 1.29 is 31.5 Å². The SMILES string of the molecule is C=CCC(NS(=O)(=O)c1cccc(C(F)(F)F)c1)C(=O)O. The number of sulfonamides is 1. The highest BCUT2D eigenvalue weighted by Crippen LogP contribution is 2.30. The molecule has 9 heteroatoms. The number of carbonyl (C=O) groups is 1. The Bertz CT molecular complexity index is 640. The van der Waals surface area contributed by atoms with Crippen molar-refractivity contribution in [2.75, 3.05) is 0 Å². The number of alkyl halides is 3. The first-order chi connectivity index (χ1) is 9.58. The van der Waals surface area contributed by atoms with Crippen molar-refractivity contribution in [1.82, 2.24) is 4.72 Å². The molecule has 0 aliphatic carbocycles. The van der Waals surface area contributed by atoms with Gasteiger partial charge in [-0.3, -0.25) is 4.79 Å². The minimum Gasteiger partial charge on any atom is -0.480 e. The zero-order valence-corrected chi connectivity index (χ0v) is 11.4. The van der Waals surface area contributed by atoms with Gasteiger partial charge < -0.3 is 5.11 Å². The quantitative estimate of drug-likeness (QED) is 0.785. The zero-order chi connectivity index (χ0) is 16.3. The molecule has 0 saturated heterocycles. The first-order valence-electron chi connectivity index (χ1n) is 5.61. The molecule has 0 saturated carbocycles. The van der Waals surface area contributed by atoms with Crippen LogP contribution in [0, 0.1) is 0 Å². The summed E-state index contributed by atoms with van der Waals surface area (Å²) in [7, 11) is -4.39. The van der Waals surface area contributed by atoms with Crippen LogP contribution in [0.15, 0.2) is 41.8 Å². The van der Waals surface area contributed by atoms with E-state index in [1.54, 1.807) is 0 Å². The summed E-state index contributed by atoms with van der Waals surface area (Å²) >= 11 is 0. The molecule has 0 fully saturated rings. The van der Waals surface area contributed by atoms with Crippen molar-refractivity contribution >= 4 is 16.0 Å². The number of aliphatic carboxylic acids is 1. The van der Waals surface area contributed by atoms with Crippen LogP contribution < -0.4 is 4.72 Å². The lowest BCUT2D eigenvalue weighted by atomic mass is 10.2. The van der Waals surface area contributed by atoms with Crippen LogP contribution in [0.5, 0.6) is 0 Å². The van der Waals surface area contributed by atoms with E-state index in [0.29, 0.717) is 6.07 Å². The van der Waals surface area contributed by atoms with Crippen LogP contribution in [0.4, 0.5) is 13.2 Å². The van der Waals surface area contributed by atoms with Gasteiger partial charge in [0.15, 0.2) is 0 Å². The van der Waals surface area contributed by atoms with E-state index in [1.165, 1.54) is 6.08 Å². The Morgan fingerprint density at radius 1 is 1.43 bits per heavy atom. The van der Waals surface area contributed by atoms with Crippen LogP contribution in [0.3, 0.4) is 0 Å². The van der Waals surface area contributed by atoms with E-state index >= 15 is 0 Å². The fraction of sp³-hybridized carbons (Fsp3) is 0.250. The number of hydrogen-bond donors (Lipinski definition) is 2. The first kappa shape index (κ1) is 17.2. The maximum atomic E-state index is 12.5. The van der Waals surface area contributed by atoms with Gasteiger partial charge in [-0.05, 0) is 24.6 Å². The summed E-state index contributed by atoms with van der Waals surface area (Å²) in [6, 6.07) is 1.54. The number of nitrogens with one attached hydrogen (secondary N) is 1. The molecule has 1 rings (SSSR count). The molecular weight excluding hydrogens is 311 g/mol. The normalized spacial score (nSPS) is 13.7. The van der Waals surface area contributed by atoms with Gasteiger partial charge in [0.2, 0.25) is 10.0 Å². The molecule has 0 bridgehead atoms. The van der Waals surface area contributed by atoms with Gasteiger partial charge >= 0.3 is 12.1 Å². The Balaban J connectivity index is 3.13. The summed E-state index contributed by atoms with van der Waals surface area (Å²) < 4.78 is 63.3. The second-order valence-corrected chi connectivity index (χ2v) is 5.78. The molecule has 21 heavy (non-hydrogen) atoms. The van der Waals surface area contributed by atoms with Gasteiger partial charge in [0.05, 0.1) is 10.5 Å². The monoisotopic (exact) mass is 323 g/mol. The van der Waals surface area contributed by atoms with Crippen LogP contribution in [0.1, 0.15) is 12.0 Å². The third kappa shape index (κ3) is 4.57. The van der Waals surface area contributed by atoms with Crippen molar-refractivity contribution in [3.63, 3.8) is 0 Å². The molecule has 0 aliphatic rings. The average Bonchev–Trinajstić information content (AvgIpc) is 2.37. The Kier molecular flexibility index (Phi) is 5.13. The molecule has 1 aromatic rings. The lowest BCUT2D eigenvalue weighted by Gasteiger charge is -2.14. The highest BCUT2D eigenvalue weighted by atomic mass is 32.2. The topological polar surface area (TPSA) is 83.5 Å². The second kappa shape index (κ2) is 6.27. The van der Waals surface area contributed by atoms with Crippen molar-refractivity contribution in [2.45, 2.75) is 23.5 Å². The zero-order valence-electron chi connectivity index (χ0n) is 10.6. The molecule has 0 amide bonds. The molecule has 0 aromatic heterocycles. The number of hydrogen-bond acceptors (Lipinski definition) is 3. The van der Waals surface area contributed by atoms with E-state index in [-0.39, 0.29) is 6.42 Å². The molecule has 0 aliphatic heterocycles. The van der Waals surface area contributed by atoms with Gasteiger partial charge in [-0.1, -0.05) is 12.1 Å². The molecule has 1 atom stereocenters. The smallest absolute Gasteiger partial charge is 0.416 e. The number of benzene rings is 1.